The lowest BCUT2D eigenvalue weighted by molar-refractivity contribution is -0.116. The number of amides is 2. The molecule has 0 aliphatic heterocycles. The SMILES string of the molecule is O=C(CCC1CCCC1)Nc1cccc(NC(=O)c2ccco2)c1. The molecule has 1 fully saturated rings. The van der Waals surface area contributed by atoms with Crippen LogP contribution in [0.15, 0.2) is 47.1 Å². The van der Waals surface area contributed by atoms with Crippen LogP contribution in [0.1, 0.15) is 49.1 Å². The summed E-state index contributed by atoms with van der Waals surface area (Å²) >= 11 is 0. The highest BCUT2D eigenvalue weighted by atomic mass is 16.3. The van der Waals surface area contributed by atoms with Crippen molar-refractivity contribution in [2.24, 2.45) is 5.92 Å². The highest BCUT2D eigenvalue weighted by Gasteiger charge is 2.16. The van der Waals surface area contributed by atoms with Gasteiger partial charge in [-0.2, -0.15) is 0 Å². The second-order valence-corrected chi connectivity index (χ2v) is 6.25. The monoisotopic (exact) mass is 326 g/mol. The van der Waals surface area contributed by atoms with E-state index in [4.69, 9.17) is 4.42 Å². The Balaban J connectivity index is 1.52. The maximum absolute atomic E-state index is 12.1. The van der Waals surface area contributed by atoms with E-state index in [1.165, 1.54) is 31.9 Å². The largest absolute Gasteiger partial charge is 0.459 e. The second kappa shape index (κ2) is 7.81. The summed E-state index contributed by atoms with van der Waals surface area (Å²) in [6.07, 6.45) is 8.06. The summed E-state index contributed by atoms with van der Waals surface area (Å²) < 4.78 is 5.06. The van der Waals surface area contributed by atoms with Crippen LogP contribution < -0.4 is 10.6 Å². The first kappa shape index (κ1) is 16.3. The Kier molecular flexibility index (Phi) is 5.31. The number of benzene rings is 1. The molecule has 1 aromatic heterocycles. The molecule has 0 saturated heterocycles. The van der Waals surface area contributed by atoms with E-state index >= 15 is 0 Å². The van der Waals surface area contributed by atoms with Gasteiger partial charge in [0.05, 0.1) is 6.26 Å². The molecule has 1 saturated carbocycles. The molecule has 1 aliphatic rings. The first-order valence-electron chi connectivity index (χ1n) is 8.45. The van der Waals surface area contributed by atoms with E-state index in [2.05, 4.69) is 10.6 Å². The van der Waals surface area contributed by atoms with Gasteiger partial charge in [-0.1, -0.05) is 31.7 Å². The van der Waals surface area contributed by atoms with Crippen molar-refractivity contribution in [2.75, 3.05) is 10.6 Å². The fourth-order valence-corrected chi connectivity index (χ4v) is 3.13. The van der Waals surface area contributed by atoms with Gasteiger partial charge in [0.2, 0.25) is 5.91 Å². The van der Waals surface area contributed by atoms with Crippen molar-refractivity contribution in [1.82, 2.24) is 0 Å². The van der Waals surface area contributed by atoms with Crippen molar-refractivity contribution >= 4 is 23.2 Å². The molecule has 126 valence electrons. The third kappa shape index (κ3) is 4.47. The van der Waals surface area contributed by atoms with Gasteiger partial charge in [-0.3, -0.25) is 9.59 Å². The van der Waals surface area contributed by atoms with Gasteiger partial charge in [0.1, 0.15) is 0 Å². The summed E-state index contributed by atoms with van der Waals surface area (Å²) in [5.41, 5.74) is 1.30. The van der Waals surface area contributed by atoms with Gasteiger partial charge < -0.3 is 15.1 Å². The minimum Gasteiger partial charge on any atom is -0.459 e. The maximum atomic E-state index is 12.1. The van der Waals surface area contributed by atoms with Crippen molar-refractivity contribution in [3.63, 3.8) is 0 Å². The number of furan rings is 1. The lowest BCUT2D eigenvalue weighted by Crippen LogP contribution is -2.14. The molecule has 0 bridgehead atoms. The van der Waals surface area contributed by atoms with Crippen LogP contribution in [0.5, 0.6) is 0 Å². The average molecular weight is 326 g/mol. The summed E-state index contributed by atoms with van der Waals surface area (Å²) in [6, 6.07) is 10.4. The van der Waals surface area contributed by atoms with E-state index in [-0.39, 0.29) is 17.6 Å². The van der Waals surface area contributed by atoms with E-state index in [0.717, 1.165) is 6.42 Å². The van der Waals surface area contributed by atoms with Crippen molar-refractivity contribution in [3.8, 4) is 0 Å². The standard InChI is InChI=1S/C19H22N2O3/c22-18(11-10-14-5-1-2-6-14)20-15-7-3-8-16(13-15)21-19(23)17-9-4-12-24-17/h3-4,7-9,12-14H,1-2,5-6,10-11H2,(H,20,22)(H,21,23). The van der Waals surface area contributed by atoms with Crippen LogP contribution in [0.3, 0.4) is 0 Å². The summed E-state index contributed by atoms with van der Waals surface area (Å²) in [4.78, 5) is 24.0. The van der Waals surface area contributed by atoms with Gasteiger partial charge in [0.25, 0.3) is 5.91 Å². The fraction of sp³-hybridized carbons (Fsp3) is 0.368. The van der Waals surface area contributed by atoms with Gasteiger partial charge in [0.15, 0.2) is 5.76 Å². The number of rotatable bonds is 6. The molecule has 1 heterocycles. The lowest BCUT2D eigenvalue weighted by Gasteiger charge is -2.10. The minimum absolute atomic E-state index is 0.0245. The molecule has 0 spiro atoms. The van der Waals surface area contributed by atoms with Crippen LogP contribution >= 0.6 is 0 Å². The van der Waals surface area contributed by atoms with Crippen molar-refractivity contribution < 1.29 is 14.0 Å². The molecule has 0 unspecified atom stereocenters. The molecule has 2 aromatic rings. The predicted octanol–water partition coefficient (Wildman–Crippen LogP) is 4.44. The highest BCUT2D eigenvalue weighted by Crippen LogP contribution is 2.28. The Morgan fingerprint density at radius 1 is 1.04 bits per heavy atom. The number of hydrogen-bond donors (Lipinski definition) is 2. The normalized spacial score (nSPS) is 14.5. The molecule has 2 N–H and O–H groups in total. The number of hydrogen-bond acceptors (Lipinski definition) is 3. The van der Waals surface area contributed by atoms with E-state index in [9.17, 15) is 9.59 Å². The minimum atomic E-state index is -0.315. The van der Waals surface area contributed by atoms with Crippen LogP contribution in [-0.4, -0.2) is 11.8 Å². The molecule has 3 rings (SSSR count). The third-order valence-electron chi connectivity index (χ3n) is 4.40. The number of nitrogens with one attached hydrogen (secondary N) is 2. The molecule has 5 heteroatoms. The van der Waals surface area contributed by atoms with Gasteiger partial charge in [-0.25, -0.2) is 0 Å². The highest BCUT2D eigenvalue weighted by molar-refractivity contribution is 6.02. The van der Waals surface area contributed by atoms with Crippen LogP contribution in [0, 0.1) is 5.92 Å². The van der Waals surface area contributed by atoms with E-state index in [0.29, 0.717) is 23.7 Å². The molecule has 1 aliphatic carbocycles. The van der Waals surface area contributed by atoms with Crippen LogP contribution in [0.4, 0.5) is 11.4 Å². The van der Waals surface area contributed by atoms with Crippen molar-refractivity contribution in [2.45, 2.75) is 38.5 Å². The Bertz CT molecular complexity index is 688. The molecule has 0 radical (unpaired) electrons. The van der Waals surface area contributed by atoms with Crippen LogP contribution in [0.2, 0.25) is 0 Å². The fourth-order valence-electron chi connectivity index (χ4n) is 3.13. The maximum Gasteiger partial charge on any atom is 0.291 e. The van der Waals surface area contributed by atoms with Crippen molar-refractivity contribution in [3.05, 3.63) is 48.4 Å². The lowest BCUT2D eigenvalue weighted by atomic mass is 10.0. The number of anilines is 2. The summed E-state index contributed by atoms with van der Waals surface area (Å²) in [5, 5.41) is 5.65. The molecular weight excluding hydrogens is 304 g/mol. The van der Waals surface area contributed by atoms with Crippen LogP contribution in [-0.2, 0) is 4.79 Å². The summed E-state index contributed by atoms with van der Waals surface area (Å²) in [5.74, 6) is 0.664. The van der Waals surface area contributed by atoms with E-state index < -0.39 is 0 Å². The Hall–Kier alpha value is -2.56. The zero-order chi connectivity index (χ0) is 16.8. The Morgan fingerprint density at radius 3 is 2.50 bits per heavy atom. The molecule has 2 amide bonds. The summed E-state index contributed by atoms with van der Waals surface area (Å²) in [6.45, 7) is 0. The zero-order valence-electron chi connectivity index (χ0n) is 13.6. The van der Waals surface area contributed by atoms with E-state index in [1.807, 2.05) is 6.07 Å². The Morgan fingerprint density at radius 2 is 1.79 bits per heavy atom. The second-order valence-electron chi connectivity index (χ2n) is 6.25. The van der Waals surface area contributed by atoms with Gasteiger partial charge >= 0.3 is 0 Å². The van der Waals surface area contributed by atoms with Gasteiger partial charge in [-0.05, 0) is 42.7 Å². The van der Waals surface area contributed by atoms with E-state index in [1.54, 1.807) is 30.3 Å². The smallest absolute Gasteiger partial charge is 0.291 e. The number of carbonyl (C=O) groups is 2. The molecule has 5 nitrogen and oxygen atoms in total. The topological polar surface area (TPSA) is 71.3 Å². The average Bonchev–Trinajstić information content (AvgIpc) is 3.27. The molecule has 0 atom stereocenters. The first-order valence-corrected chi connectivity index (χ1v) is 8.45. The first-order chi connectivity index (χ1) is 11.7. The van der Waals surface area contributed by atoms with Gasteiger partial charge in [-0.15, -0.1) is 0 Å². The molecular formula is C19H22N2O3. The summed E-state index contributed by atoms with van der Waals surface area (Å²) in [7, 11) is 0. The zero-order valence-corrected chi connectivity index (χ0v) is 13.6. The predicted molar refractivity (Wildman–Crippen MR) is 92.9 cm³/mol. The van der Waals surface area contributed by atoms with Gasteiger partial charge in [0, 0.05) is 17.8 Å². The molecule has 1 aromatic carbocycles. The Labute approximate surface area is 141 Å². The number of carbonyl (C=O) groups excluding carboxylic acids is 2. The van der Waals surface area contributed by atoms with Crippen LogP contribution in [0.25, 0.3) is 0 Å². The van der Waals surface area contributed by atoms with Crippen molar-refractivity contribution in [1.29, 1.82) is 0 Å². The molecule has 24 heavy (non-hydrogen) atoms. The third-order valence-corrected chi connectivity index (χ3v) is 4.40. The quantitative estimate of drug-likeness (QED) is 0.824.